The summed E-state index contributed by atoms with van der Waals surface area (Å²) in [7, 11) is 0. The molecule has 0 aromatic carbocycles. The third kappa shape index (κ3) is 3.80. The molecule has 1 atom stereocenters. The predicted octanol–water partition coefficient (Wildman–Crippen LogP) is 1.20. The predicted molar refractivity (Wildman–Crippen MR) is 54.9 cm³/mol. The van der Waals surface area contributed by atoms with Gasteiger partial charge in [-0.05, 0) is 25.3 Å². The molecule has 1 rings (SSSR count). The molecule has 1 heterocycles. The number of terminal acetylenes is 1. The van der Waals surface area contributed by atoms with E-state index in [-0.39, 0.29) is 0 Å². The summed E-state index contributed by atoms with van der Waals surface area (Å²) in [5, 5.41) is 8.68. The second-order valence-electron chi connectivity index (χ2n) is 3.86. The number of carbonyl (C=O) groups is 1. The number of hydrogen-bond acceptors (Lipinski definition) is 2. The van der Waals surface area contributed by atoms with E-state index < -0.39 is 5.97 Å². The summed E-state index contributed by atoms with van der Waals surface area (Å²) in [5.41, 5.74) is 0. The van der Waals surface area contributed by atoms with Crippen LogP contribution in [0.3, 0.4) is 0 Å². The SMILES string of the molecule is C#CCCN1CCCC(CC(=O)O)C1. The van der Waals surface area contributed by atoms with Gasteiger partial charge in [-0.3, -0.25) is 4.79 Å². The Morgan fingerprint density at radius 1 is 1.64 bits per heavy atom. The maximum absolute atomic E-state index is 10.5. The Bertz CT molecular complexity index is 232. The number of carboxylic acids is 1. The zero-order valence-electron chi connectivity index (χ0n) is 8.41. The van der Waals surface area contributed by atoms with E-state index in [0.717, 1.165) is 38.9 Å². The lowest BCUT2D eigenvalue weighted by atomic mass is 9.95. The number of carboxylic acid groups (broad SMARTS) is 1. The molecule has 1 saturated heterocycles. The van der Waals surface area contributed by atoms with E-state index in [1.165, 1.54) is 0 Å². The smallest absolute Gasteiger partial charge is 0.303 e. The maximum atomic E-state index is 10.5. The number of piperidine rings is 1. The van der Waals surface area contributed by atoms with Gasteiger partial charge in [-0.2, -0.15) is 0 Å². The van der Waals surface area contributed by atoms with Crippen molar-refractivity contribution < 1.29 is 9.90 Å². The van der Waals surface area contributed by atoms with Crippen LogP contribution < -0.4 is 0 Å². The van der Waals surface area contributed by atoms with E-state index in [1.807, 2.05) is 0 Å². The molecule has 0 bridgehead atoms. The minimum atomic E-state index is -0.686. The molecule has 1 aliphatic rings. The Hall–Kier alpha value is -1.01. The first-order chi connectivity index (χ1) is 6.72. The summed E-state index contributed by atoms with van der Waals surface area (Å²) < 4.78 is 0. The van der Waals surface area contributed by atoms with Gasteiger partial charge in [0.2, 0.25) is 0 Å². The van der Waals surface area contributed by atoms with Gasteiger partial charge in [0.25, 0.3) is 0 Å². The Balaban J connectivity index is 2.29. The van der Waals surface area contributed by atoms with E-state index >= 15 is 0 Å². The van der Waals surface area contributed by atoms with Crippen molar-refractivity contribution in [1.82, 2.24) is 4.90 Å². The summed E-state index contributed by atoms with van der Waals surface area (Å²) >= 11 is 0. The molecular weight excluding hydrogens is 178 g/mol. The fourth-order valence-electron chi connectivity index (χ4n) is 1.99. The molecule has 1 unspecified atom stereocenters. The van der Waals surface area contributed by atoms with E-state index in [4.69, 9.17) is 11.5 Å². The lowest BCUT2D eigenvalue weighted by Gasteiger charge is -2.31. The first-order valence-corrected chi connectivity index (χ1v) is 5.10. The van der Waals surface area contributed by atoms with Crippen LogP contribution in [0.15, 0.2) is 0 Å². The van der Waals surface area contributed by atoms with Gasteiger partial charge < -0.3 is 10.0 Å². The maximum Gasteiger partial charge on any atom is 0.303 e. The third-order valence-electron chi connectivity index (χ3n) is 2.64. The topological polar surface area (TPSA) is 40.5 Å². The number of rotatable bonds is 4. The van der Waals surface area contributed by atoms with Crippen LogP contribution in [0.1, 0.15) is 25.7 Å². The number of nitrogens with zero attached hydrogens (tertiary/aromatic N) is 1. The molecule has 0 aliphatic carbocycles. The van der Waals surface area contributed by atoms with Crippen molar-refractivity contribution in [2.75, 3.05) is 19.6 Å². The summed E-state index contributed by atoms with van der Waals surface area (Å²) in [6.45, 7) is 2.87. The average molecular weight is 195 g/mol. The van der Waals surface area contributed by atoms with Crippen molar-refractivity contribution in [2.24, 2.45) is 5.92 Å². The average Bonchev–Trinajstić information content (AvgIpc) is 2.14. The standard InChI is InChI=1S/C11H17NO2/c1-2-3-6-12-7-4-5-10(9-12)8-11(13)14/h1,10H,3-9H2,(H,13,14). The van der Waals surface area contributed by atoms with Gasteiger partial charge in [0, 0.05) is 25.9 Å². The molecule has 1 fully saturated rings. The summed E-state index contributed by atoms with van der Waals surface area (Å²) in [4.78, 5) is 12.8. The van der Waals surface area contributed by atoms with Crippen molar-refractivity contribution in [3.63, 3.8) is 0 Å². The normalized spacial score (nSPS) is 22.9. The van der Waals surface area contributed by atoms with Crippen LogP contribution in [-0.4, -0.2) is 35.6 Å². The van der Waals surface area contributed by atoms with Gasteiger partial charge in [-0.1, -0.05) is 0 Å². The van der Waals surface area contributed by atoms with Crippen molar-refractivity contribution in [1.29, 1.82) is 0 Å². The molecular formula is C11H17NO2. The zero-order chi connectivity index (χ0) is 10.4. The van der Waals surface area contributed by atoms with Gasteiger partial charge in [-0.15, -0.1) is 12.3 Å². The molecule has 78 valence electrons. The van der Waals surface area contributed by atoms with Crippen molar-refractivity contribution in [3.05, 3.63) is 0 Å². The molecule has 14 heavy (non-hydrogen) atoms. The van der Waals surface area contributed by atoms with Gasteiger partial charge in [0.15, 0.2) is 0 Å². The minimum Gasteiger partial charge on any atom is -0.481 e. The highest BCUT2D eigenvalue weighted by atomic mass is 16.4. The summed E-state index contributed by atoms with van der Waals surface area (Å²) in [6.07, 6.45) is 8.39. The first kappa shape index (κ1) is 11.1. The molecule has 0 spiro atoms. The highest BCUT2D eigenvalue weighted by Crippen LogP contribution is 2.19. The van der Waals surface area contributed by atoms with Gasteiger partial charge in [0.05, 0.1) is 0 Å². The Morgan fingerprint density at radius 2 is 2.43 bits per heavy atom. The lowest BCUT2D eigenvalue weighted by molar-refractivity contribution is -0.138. The molecule has 0 amide bonds. The molecule has 1 N–H and O–H groups in total. The quantitative estimate of drug-likeness (QED) is 0.685. The Labute approximate surface area is 85.1 Å². The van der Waals surface area contributed by atoms with Crippen LogP contribution in [0.5, 0.6) is 0 Å². The van der Waals surface area contributed by atoms with E-state index in [9.17, 15) is 4.79 Å². The van der Waals surface area contributed by atoms with Crippen molar-refractivity contribution in [3.8, 4) is 12.3 Å². The molecule has 1 aliphatic heterocycles. The molecule has 0 aromatic heterocycles. The molecule has 0 radical (unpaired) electrons. The van der Waals surface area contributed by atoms with Crippen molar-refractivity contribution in [2.45, 2.75) is 25.7 Å². The summed E-state index contributed by atoms with van der Waals surface area (Å²) in [6, 6.07) is 0. The van der Waals surface area contributed by atoms with Gasteiger partial charge in [0.1, 0.15) is 0 Å². The first-order valence-electron chi connectivity index (χ1n) is 5.10. The van der Waals surface area contributed by atoms with E-state index in [0.29, 0.717) is 12.3 Å². The molecule has 3 nitrogen and oxygen atoms in total. The highest BCUT2D eigenvalue weighted by molar-refractivity contribution is 5.67. The molecule has 3 heteroatoms. The zero-order valence-corrected chi connectivity index (χ0v) is 8.41. The van der Waals surface area contributed by atoms with Crippen LogP contribution in [0.25, 0.3) is 0 Å². The largest absolute Gasteiger partial charge is 0.481 e. The fourth-order valence-corrected chi connectivity index (χ4v) is 1.99. The van der Waals surface area contributed by atoms with Crippen LogP contribution in [0, 0.1) is 18.3 Å². The lowest BCUT2D eigenvalue weighted by Crippen LogP contribution is -2.36. The number of hydrogen-bond donors (Lipinski definition) is 1. The van der Waals surface area contributed by atoms with Crippen LogP contribution in [0.4, 0.5) is 0 Å². The second-order valence-corrected chi connectivity index (χ2v) is 3.86. The molecule has 0 aromatic rings. The Kier molecular flexibility index (Phi) is 4.48. The minimum absolute atomic E-state index is 0.298. The van der Waals surface area contributed by atoms with Crippen LogP contribution >= 0.6 is 0 Å². The molecule has 0 saturated carbocycles. The van der Waals surface area contributed by atoms with E-state index in [1.54, 1.807) is 0 Å². The Morgan fingerprint density at radius 3 is 3.07 bits per heavy atom. The summed E-state index contributed by atoms with van der Waals surface area (Å²) in [5.74, 6) is 2.24. The van der Waals surface area contributed by atoms with E-state index in [2.05, 4.69) is 10.8 Å². The van der Waals surface area contributed by atoms with Gasteiger partial charge >= 0.3 is 5.97 Å². The number of likely N-dealkylation sites (tertiary alicyclic amines) is 1. The fraction of sp³-hybridized carbons (Fsp3) is 0.727. The number of aliphatic carboxylic acids is 1. The van der Waals surface area contributed by atoms with Gasteiger partial charge in [-0.25, -0.2) is 0 Å². The van der Waals surface area contributed by atoms with Crippen LogP contribution in [-0.2, 0) is 4.79 Å². The third-order valence-corrected chi connectivity index (χ3v) is 2.64. The van der Waals surface area contributed by atoms with Crippen LogP contribution in [0.2, 0.25) is 0 Å². The van der Waals surface area contributed by atoms with Crippen molar-refractivity contribution >= 4 is 5.97 Å². The monoisotopic (exact) mass is 195 g/mol. The second kappa shape index (κ2) is 5.66. The highest BCUT2D eigenvalue weighted by Gasteiger charge is 2.21.